The van der Waals surface area contributed by atoms with Crippen LogP contribution < -0.4 is 10.6 Å². The van der Waals surface area contributed by atoms with Gasteiger partial charge in [-0.15, -0.1) is 0 Å². The molecule has 0 bridgehead atoms. The summed E-state index contributed by atoms with van der Waals surface area (Å²) in [5.41, 5.74) is 0. The minimum absolute atomic E-state index is 0.375. The highest BCUT2D eigenvalue weighted by Gasteiger charge is 2.33. The lowest BCUT2D eigenvalue weighted by Gasteiger charge is -2.14. The van der Waals surface area contributed by atoms with Crippen LogP contribution in [0.3, 0.4) is 0 Å². The molecule has 0 spiro atoms. The molecule has 0 aromatic rings. The molecule has 0 aromatic heterocycles. The van der Waals surface area contributed by atoms with Gasteiger partial charge in [-0.3, -0.25) is 4.99 Å². The zero-order chi connectivity index (χ0) is 10.7. The van der Waals surface area contributed by atoms with Crippen LogP contribution in [0.25, 0.3) is 0 Å². The predicted octanol–water partition coefficient (Wildman–Crippen LogP) is 0.739. The van der Waals surface area contributed by atoms with Crippen molar-refractivity contribution >= 4 is 5.96 Å². The van der Waals surface area contributed by atoms with Crippen molar-refractivity contribution in [3.63, 3.8) is 0 Å². The third kappa shape index (κ3) is 3.09. The van der Waals surface area contributed by atoms with Gasteiger partial charge >= 0.3 is 0 Å². The highest BCUT2D eigenvalue weighted by atomic mass is 16.5. The second-order valence-electron chi connectivity index (χ2n) is 4.55. The van der Waals surface area contributed by atoms with E-state index in [0.717, 1.165) is 25.0 Å². The van der Waals surface area contributed by atoms with E-state index < -0.39 is 0 Å². The fraction of sp³-hybridized carbons (Fsp3) is 0.909. The molecule has 1 aliphatic carbocycles. The highest BCUT2D eigenvalue weighted by Crippen LogP contribution is 2.28. The van der Waals surface area contributed by atoms with Gasteiger partial charge in [-0.25, -0.2) is 0 Å². The minimum atomic E-state index is 0.375. The van der Waals surface area contributed by atoms with E-state index in [9.17, 15) is 0 Å². The Morgan fingerprint density at radius 2 is 2.33 bits per heavy atom. The van der Waals surface area contributed by atoms with Gasteiger partial charge < -0.3 is 15.4 Å². The Hall–Kier alpha value is -0.770. The first kappa shape index (κ1) is 10.7. The van der Waals surface area contributed by atoms with Crippen LogP contribution in [0.15, 0.2) is 4.99 Å². The number of hydrogen-bond donors (Lipinski definition) is 2. The van der Waals surface area contributed by atoms with Crippen LogP contribution in [-0.4, -0.2) is 38.3 Å². The third-order valence-corrected chi connectivity index (χ3v) is 3.18. The zero-order valence-corrected chi connectivity index (χ0v) is 9.62. The van der Waals surface area contributed by atoms with E-state index in [1.54, 1.807) is 0 Å². The third-order valence-electron chi connectivity index (χ3n) is 3.18. The first-order chi connectivity index (χ1) is 7.29. The molecule has 0 radical (unpaired) electrons. The lowest BCUT2D eigenvalue weighted by molar-refractivity contribution is 0.114. The van der Waals surface area contributed by atoms with Crippen LogP contribution >= 0.6 is 0 Å². The topological polar surface area (TPSA) is 45.7 Å². The van der Waals surface area contributed by atoms with Gasteiger partial charge in [-0.1, -0.05) is 6.92 Å². The smallest absolute Gasteiger partial charge is 0.191 e. The van der Waals surface area contributed by atoms with E-state index in [0.29, 0.717) is 12.1 Å². The number of nitrogens with one attached hydrogen (secondary N) is 2. The average Bonchev–Trinajstić information content (AvgIpc) is 2.74. The summed E-state index contributed by atoms with van der Waals surface area (Å²) in [5, 5.41) is 6.71. The zero-order valence-electron chi connectivity index (χ0n) is 9.62. The first-order valence-electron chi connectivity index (χ1n) is 5.88. The maximum Gasteiger partial charge on any atom is 0.191 e. The van der Waals surface area contributed by atoms with E-state index in [2.05, 4.69) is 22.5 Å². The van der Waals surface area contributed by atoms with Crippen LogP contribution in [0.5, 0.6) is 0 Å². The number of nitrogens with zero attached hydrogens (tertiary/aromatic N) is 1. The Labute approximate surface area is 91.5 Å². The van der Waals surface area contributed by atoms with E-state index in [1.165, 1.54) is 19.3 Å². The van der Waals surface area contributed by atoms with E-state index >= 15 is 0 Å². The van der Waals surface area contributed by atoms with Gasteiger partial charge in [0.15, 0.2) is 5.96 Å². The van der Waals surface area contributed by atoms with Crippen LogP contribution in [0.4, 0.5) is 0 Å². The molecule has 86 valence electrons. The Balaban J connectivity index is 1.66. The molecule has 1 saturated heterocycles. The predicted molar refractivity (Wildman–Crippen MR) is 61.0 cm³/mol. The van der Waals surface area contributed by atoms with Gasteiger partial charge in [-0.05, 0) is 25.2 Å². The quantitative estimate of drug-likeness (QED) is 0.534. The van der Waals surface area contributed by atoms with Crippen LogP contribution in [0.2, 0.25) is 0 Å². The fourth-order valence-electron chi connectivity index (χ4n) is 1.91. The fourth-order valence-corrected chi connectivity index (χ4v) is 1.91. The van der Waals surface area contributed by atoms with Gasteiger partial charge in [-0.2, -0.15) is 0 Å². The van der Waals surface area contributed by atoms with Gasteiger partial charge in [0.25, 0.3) is 0 Å². The molecule has 0 amide bonds. The Kier molecular flexibility index (Phi) is 3.46. The molecule has 4 nitrogen and oxygen atoms in total. The molecule has 2 fully saturated rings. The molecule has 2 N–H and O–H groups in total. The van der Waals surface area contributed by atoms with Crippen molar-refractivity contribution < 1.29 is 4.74 Å². The summed E-state index contributed by atoms with van der Waals surface area (Å²) >= 11 is 0. The molecule has 2 rings (SSSR count). The molecule has 4 heteroatoms. The molecule has 3 atom stereocenters. The summed E-state index contributed by atoms with van der Waals surface area (Å²) in [7, 11) is 1.82. The second kappa shape index (κ2) is 4.84. The van der Waals surface area contributed by atoms with Crippen molar-refractivity contribution in [3.05, 3.63) is 0 Å². The van der Waals surface area contributed by atoms with Crippen molar-refractivity contribution in [2.75, 3.05) is 20.2 Å². The van der Waals surface area contributed by atoms with Crippen LogP contribution in [0, 0.1) is 5.92 Å². The maximum absolute atomic E-state index is 5.54. The summed E-state index contributed by atoms with van der Waals surface area (Å²) in [6.45, 7) is 4.05. The Morgan fingerprint density at radius 3 is 2.87 bits per heavy atom. The number of ether oxygens (including phenoxy) is 1. The van der Waals surface area contributed by atoms with E-state index in [1.807, 2.05) is 7.05 Å². The minimum Gasteiger partial charge on any atom is -0.376 e. The summed E-state index contributed by atoms with van der Waals surface area (Å²) in [6, 6.07) is 0.626. The lowest BCUT2D eigenvalue weighted by atomic mass is 10.2. The molecule has 3 unspecified atom stereocenters. The molecule has 2 aliphatic rings. The lowest BCUT2D eigenvalue weighted by Crippen LogP contribution is -2.42. The normalized spacial score (nSPS) is 35.3. The number of rotatable bonds is 3. The number of guanidine groups is 1. The van der Waals surface area contributed by atoms with Crippen LogP contribution in [0.1, 0.15) is 26.2 Å². The number of aliphatic imine (C=N–C) groups is 1. The van der Waals surface area contributed by atoms with Gasteiger partial charge in [0.05, 0.1) is 6.10 Å². The molecular formula is C11H21N3O. The van der Waals surface area contributed by atoms with Crippen molar-refractivity contribution in [2.45, 2.75) is 38.3 Å². The van der Waals surface area contributed by atoms with Gasteiger partial charge in [0, 0.05) is 26.2 Å². The SMILES string of the molecule is CN=C(NCC1CCCO1)NC1CC1C. The molecule has 1 aliphatic heterocycles. The largest absolute Gasteiger partial charge is 0.376 e. The van der Waals surface area contributed by atoms with Crippen LogP contribution in [-0.2, 0) is 4.74 Å². The second-order valence-corrected chi connectivity index (χ2v) is 4.55. The maximum atomic E-state index is 5.54. The highest BCUT2D eigenvalue weighted by molar-refractivity contribution is 5.80. The molecule has 1 saturated carbocycles. The first-order valence-corrected chi connectivity index (χ1v) is 5.88. The molecular weight excluding hydrogens is 190 g/mol. The summed E-state index contributed by atoms with van der Waals surface area (Å²) in [5.74, 6) is 1.71. The Morgan fingerprint density at radius 1 is 1.53 bits per heavy atom. The number of hydrogen-bond acceptors (Lipinski definition) is 2. The van der Waals surface area contributed by atoms with Gasteiger partial charge in [0.1, 0.15) is 0 Å². The van der Waals surface area contributed by atoms with Gasteiger partial charge in [0.2, 0.25) is 0 Å². The molecule has 1 heterocycles. The molecule has 0 aromatic carbocycles. The summed E-state index contributed by atoms with van der Waals surface area (Å²) in [4.78, 5) is 4.20. The Bertz CT molecular complexity index is 236. The monoisotopic (exact) mass is 211 g/mol. The van der Waals surface area contributed by atoms with Crippen molar-refractivity contribution in [1.82, 2.24) is 10.6 Å². The summed E-state index contributed by atoms with van der Waals surface area (Å²) < 4.78 is 5.54. The van der Waals surface area contributed by atoms with E-state index in [4.69, 9.17) is 4.74 Å². The standard InChI is InChI=1S/C11H21N3O/c1-8-6-10(8)14-11(12-2)13-7-9-4-3-5-15-9/h8-10H,3-7H2,1-2H3,(H2,12,13,14). The summed E-state index contributed by atoms with van der Waals surface area (Å²) in [6.07, 6.45) is 4.00. The van der Waals surface area contributed by atoms with Crippen molar-refractivity contribution in [1.29, 1.82) is 0 Å². The van der Waals surface area contributed by atoms with E-state index in [-0.39, 0.29) is 0 Å². The van der Waals surface area contributed by atoms with Crippen molar-refractivity contribution in [3.8, 4) is 0 Å². The van der Waals surface area contributed by atoms with Crippen molar-refractivity contribution in [2.24, 2.45) is 10.9 Å². The molecule has 15 heavy (non-hydrogen) atoms. The average molecular weight is 211 g/mol.